The molecule has 134 valence electrons. The van der Waals surface area contributed by atoms with E-state index in [4.69, 9.17) is 0 Å². The van der Waals surface area contributed by atoms with Crippen LogP contribution in [0.5, 0.6) is 0 Å². The van der Waals surface area contributed by atoms with E-state index in [-0.39, 0.29) is 16.1 Å². The summed E-state index contributed by atoms with van der Waals surface area (Å²) in [4.78, 5) is 13.4. The maximum atomic E-state index is 12.7. The summed E-state index contributed by atoms with van der Waals surface area (Å²) in [7, 11) is -2.03. The second-order valence-corrected chi connectivity index (χ2v) is 9.90. The minimum atomic E-state index is -3.58. The molecule has 0 aliphatic rings. The van der Waals surface area contributed by atoms with Gasteiger partial charge in [0.25, 0.3) is 0 Å². The smallest absolute Gasteiger partial charge is 0.243 e. The van der Waals surface area contributed by atoms with Gasteiger partial charge in [-0.2, -0.15) is 4.31 Å². The molecular weight excluding hydrogens is 374 g/mol. The summed E-state index contributed by atoms with van der Waals surface area (Å²) < 4.78 is 26.7. The molecule has 0 aromatic heterocycles. The van der Waals surface area contributed by atoms with E-state index in [0.29, 0.717) is 5.75 Å². The number of hydrogen-bond acceptors (Lipinski definition) is 5. The van der Waals surface area contributed by atoms with Gasteiger partial charge in [-0.1, -0.05) is 41.7 Å². The Morgan fingerprint density at radius 2 is 1.60 bits per heavy atom. The van der Waals surface area contributed by atoms with E-state index < -0.39 is 10.0 Å². The molecule has 2 rings (SSSR count). The van der Waals surface area contributed by atoms with E-state index in [2.05, 4.69) is 0 Å². The predicted molar refractivity (Wildman–Crippen MR) is 105 cm³/mol. The van der Waals surface area contributed by atoms with E-state index in [1.165, 1.54) is 11.2 Å². The Hall–Kier alpha value is -1.28. The lowest BCUT2D eigenvalue weighted by molar-refractivity contribution is -0.109. The summed E-state index contributed by atoms with van der Waals surface area (Å²) in [5.41, 5.74) is 0. The number of thioether (sulfide) groups is 1. The van der Waals surface area contributed by atoms with Crippen molar-refractivity contribution in [3.63, 3.8) is 0 Å². The lowest BCUT2D eigenvalue weighted by atomic mass is 10.4. The average molecular weight is 396 g/mol. The molecule has 25 heavy (non-hydrogen) atoms. The molecule has 0 saturated heterocycles. The van der Waals surface area contributed by atoms with Gasteiger partial charge in [-0.3, -0.25) is 4.79 Å². The van der Waals surface area contributed by atoms with Gasteiger partial charge in [0.1, 0.15) is 0 Å². The lowest BCUT2D eigenvalue weighted by Crippen LogP contribution is -2.36. The Morgan fingerprint density at radius 3 is 2.16 bits per heavy atom. The largest absolute Gasteiger partial charge is 0.288 e. The van der Waals surface area contributed by atoms with Crippen LogP contribution in [0, 0.1) is 0 Å². The van der Waals surface area contributed by atoms with Crippen molar-refractivity contribution in [2.45, 2.75) is 34.6 Å². The van der Waals surface area contributed by atoms with Crippen LogP contribution >= 0.6 is 23.5 Å². The highest BCUT2D eigenvalue weighted by Crippen LogP contribution is 2.29. The molecule has 0 aliphatic carbocycles. The number of carbonyl (C=O) groups is 1. The molecule has 0 aliphatic heterocycles. The Kier molecular flexibility index (Phi) is 7.13. The van der Waals surface area contributed by atoms with Gasteiger partial charge in [0.05, 0.1) is 4.90 Å². The molecule has 0 N–H and O–H groups in total. The Labute approximate surface area is 158 Å². The molecule has 2 aromatic rings. The highest BCUT2D eigenvalue weighted by molar-refractivity contribution is 8.13. The molecular formula is C18H21NO3S3. The van der Waals surface area contributed by atoms with Crippen molar-refractivity contribution < 1.29 is 13.2 Å². The van der Waals surface area contributed by atoms with Gasteiger partial charge in [-0.25, -0.2) is 8.42 Å². The first-order chi connectivity index (χ1) is 11.8. The van der Waals surface area contributed by atoms with Gasteiger partial charge < -0.3 is 0 Å². The summed E-state index contributed by atoms with van der Waals surface area (Å²) in [5.74, 6) is 0.438. The summed E-state index contributed by atoms with van der Waals surface area (Å²) in [5, 5.41) is -0.0139. The maximum Gasteiger partial charge on any atom is 0.243 e. The van der Waals surface area contributed by atoms with E-state index in [0.717, 1.165) is 21.6 Å². The molecule has 0 spiro atoms. The average Bonchev–Trinajstić information content (AvgIpc) is 2.60. The van der Waals surface area contributed by atoms with Crippen molar-refractivity contribution >= 4 is 38.7 Å². The highest BCUT2D eigenvalue weighted by atomic mass is 32.2. The Balaban J connectivity index is 2.10. The molecule has 2 aromatic carbocycles. The first kappa shape index (κ1) is 20.0. The quantitative estimate of drug-likeness (QED) is 0.706. The van der Waals surface area contributed by atoms with Crippen molar-refractivity contribution in [1.82, 2.24) is 4.31 Å². The van der Waals surface area contributed by atoms with Gasteiger partial charge in [-0.15, -0.1) is 0 Å². The SMILES string of the molecule is CC(=O)SC[C@@H](C)N(C)S(=O)(=O)c1ccc(Sc2ccccc2)cc1. The molecule has 0 amide bonds. The summed E-state index contributed by atoms with van der Waals surface area (Å²) in [6, 6.07) is 16.5. The predicted octanol–water partition coefficient (Wildman–Crippen LogP) is 4.13. The zero-order valence-corrected chi connectivity index (χ0v) is 16.8. The van der Waals surface area contributed by atoms with Crippen LogP contribution in [0.1, 0.15) is 13.8 Å². The van der Waals surface area contributed by atoms with Crippen molar-refractivity contribution in [3.05, 3.63) is 54.6 Å². The molecule has 0 fully saturated rings. The van der Waals surface area contributed by atoms with Crippen LogP contribution < -0.4 is 0 Å². The third-order valence-corrected chi connectivity index (χ3v) is 7.69. The van der Waals surface area contributed by atoms with Gasteiger partial charge in [0.2, 0.25) is 10.0 Å². The third kappa shape index (κ3) is 5.60. The molecule has 0 saturated carbocycles. The second kappa shape index (κ2) is 8.89. The van der Waals surface area contributed by atoms with Crippen LogP contribution in [0.4, 0.5) is 0 Å². The van der Waals surface area contributed by atoms with Crippen LogP contribution in [0.2, 0.25) is 0 Å². The van der Waals surface area contributed by atoms with Crippen LogP contribution in [0.15, 0.2) is 69.3 Å². The fraction of sp³-hybridized carbons (Fsp3) is 0.278. The van der Waals surface area contributed by atoms with Gasteiger partial charge in [-0.05, 0) is 43.3 Å². The topological polar surface area (TPSA) is 54.5 Å². The van der Waals surface area contributed by atoms with E-state index in [1.54, 1.807) is 37.9 Å². The molecule has 4 nitrogen and oxygen atoms in total. The maximum absolute atomic E-state index is 12.7. The van der Waals surface area contributed by atoms with E-state index >= 15 is 0 Å². The number of nitrogens with zero attached hydrogens (tertiary/aromatic N) is 1. The fourth-order valence-electron chi connectivity index (χ4n) is 2.05. The van der Waals surface area contributed by atoms with Crippen LogP contribution in [-0.2, 0) is 14.8 Å². The minimum absolute atomic E-state index is 0.0139. The lowest BCUT2D eigenvalue weighted by Gasteiger charge is -2.23. The van der Waals surface area contributed by atoms with Gasteiger partial charge in [0, 0.05) is 35.6 Å². The van der Waals surface area contributed by atoms with Crippen molar-refractivity contribution in [1.29, 1.82) is 0 Å². The molecule has 0 bridgehead atoms. The normalized spacial score (nSPS) is 13.0. The van der Waals surface area contributed by atoms with Crippen molar-refractivity contribution in [2.24, 2.45) is 0 Å². The number of benzene rings is 2. The minimum Gasteiger partial charge on any atom is -0.288 e. The second-order valence-electron chi connectivity index (χ2n) is 5.56. The standard InChI is InChI=1S/C18H21NO3S3/c1-14(13-23-15(2)20)19(3)25(21,22)18-11-9-17(10-12-18)24-16-7-5-4-6-8-16/h4-12,14H,13H2,1-3H3/t14-/m1/s1. The summed E-state index contributed by atoms with van der Waals surface area (Å²) >= 11 is 2.72. The Morgan fingerprint density at radius 1 is 1.04 bits per heavy atom. The molecule has 0 heterocycles. The molecule has 7 heteroatoms. The zero-order valence-electron chi connectivity index (χ0n) is 14.4. The van der Waals surface area contributed by atoms with E-state index in [9.17, 15) is 13.2 Å². The summed E-state index contributed by atoms with van der Waals surface area (Å²) in [6.45, 7) is 3.28. The van der Waals surface area contributed by atoms with Crippen molar-refractivity contribution in [3.8, 4) is 0 Å². The number of rotatable bonds is 7. The monoisotopic (exact) mass is 395 g/mol. The highest BCUT2D eigenvalue weighted by Gasteiger charge is 2.25. The van der Waals surface area contributed by atoms with Crippen LogP contribution in [0.3, 0.4) is 0 Å². The van der Waals surface area contributed by atoms with Gasteiger partial charge >= 0.3 is 0 Å². The first-order valence-corrected chi connectivity index (χ1v) is 11.0. The summed E-state index contributed by atoms with van der Waals surface area (Å²) in [6.07, 6.45) is 0. The third-order valence-electron chi connectivity index (χ3n) is 3.63. The number of carbonyl (C=O) groups excluding carboxylic acids is 1. The zero-order chi connectivity index (χ0) is 18.4. The van der Waals surface area contributed by atoms with E-state index in [1.807, 2.05) is 42.5 Å². The van der Waals surface area contributed by atoms with Crippen LogP contribution in [0.25, 0.3) is 0 Å². The number of hydrogen-bond donors (Lipinski definition) is 0. The van der Waals surface area contributed by atoms with Gasteiger partial charge in [0.15, 0.2) is 5.12 Å². The number of sulfonamides is 1. The molecule has 1 atom stereocenters. The molecule has 0 radical (unpaired) electrons. The fourth-order valence-corrected chi connectivity index (χ4v) is 5.04. The van der Waals surface area contributed by atoms with Crippen LogP contribution in [-0.4, -0.2) is 36.7 Å². The molecule has 0 unspecified atom stereocenters. The van der Waals surface area contributed by atoms with Crippen molar-refractivity contribution in [2.75, 3.05) is 12.8 Å². The Bertz CT molecular complexity index is 805. The first-order valence-electron chi connectivity index (χ1n) is 7.75.